The van der Waals surface area contributed by atoms with E-state index in [-0.39, 0.29) is 5.78 Å². The van der Waals surface area contributed by atoms with Gasteiger partial charge < -0.3 is 9.72 Å². The molecule has 0 fully saturated rings. The van der Waals surface area contributed by atoms with Gasteiger partial charge in [-0.15, -0.1) is 0 Å². The van der Waals surface area contributed by atoms with E-state index in [0.29, 0.717) is 39.9 Å². The van der Waals surface area contributed by atoms with E-state index in [2.05, 4.69) is 9.97 Å². The lowest BCUT2D eigenvalue weighted by molar-refractivity contribution is -0.141. The number of nitrogens with one attached hydrogen (secondary N) is 1. The topological polar surface area (TPSA) is 83.2 Å². The fourth-order valence-corrected chi connectivity index (χ4v) is 3.13. The largest absolute Gasteiger partial charge is 0.497 e. The SMILES string of the molecule is COc1ccc(-c2c(-c3ccc(C#N)cc3)nc3[nH]c(C(F)(F)F)cc(=O)n23)cc1. The molecule has 4 aromatic rings. The van der Waals surface area contributed by atoms with Gasteiger partial charge in [0.25, 0.3) is 5.56 Å². The molecule has 0 aliphatic rings. The molecule has 9 heteroatoms. The molecule has 2 aromatic carbocycles. The Kier molecular flexibility index (Phi) is 4.54. The second-order valence-corrected chi connectivity index (χ2v) is 6.40. The number of nitrogens with zero attached hydrogens (tertiary/aromatic N) is 3. The number of hydrogen-bond donors (Lipinski definition) is 1. The molecule has 0 bridgehead atoms. The van der Waals surface area contributed by atoms with Crippen LogP contribution in [0.3, 0.4) is 0 Å². The highest BCUT2D eigenvalue weighted by molar-refractivity contribution is 5.81. The van der Waals surface area contributed by atoms with Gasteiger partial charge in [-0.2, -0.15) is 18.4 Å². The number of ether oxygens (including phenoxy) is 1. The highest BCUT2D eigenvalue weighted by Crippen LogP contribution is 2.34. The number of alkyl halides is 3. The average molecular weight is 410 g/mol. The van der Waals surface area contributed by atoms with Gasteiger partial charge in [0.05, 0.1) is 30.1 Å². The lowest BCUT2D eigenvalue weighted by Gasteiger charge is -2.08. The van der Waals surface area contributed by atoms with Crippen LogP contribution in [0.25, 0.3) is 28.3 Å². The fourth-order valence-electron chi connectivity index (χ4n) is 3.13. The number of methoxy groups -OCH3 is 1. The predicted octanol–water partition coefficient (Wildman–Crippen LogP) is 4.26. The summed E-state index contributed by atoms with van der Waals surface area (Å²) in [5, 5.41) is 9.00. The molecule has 0 saturated carbocycles. The van der Waals surface area contributed by atoms with Gasteiger partial charge >= 0.3 is 6.18 Å². The second kappa shape index (κ2) is 7.08. The Morgan fingerprint density at radius 1 is 1.07 bits per heavy atom. The number of H-pyrrole nitrogens is 1. The van der Waals surface area contributed by atoms with Crippen molar-refractivity contribution in [3.05, 3.63) is 76.2 Å². The Morgan fingerprint density at radius 2 is 1.70 bits per heavy atom. The third-order valence-corrected chi connectivity index (χ3v) is 4.57. The summed E-state index contributed by atoms with van der Waals surface area (Å²) in [4.78, 5) is 19.1. The van der Waals surface area contributed by atoms with E-state index in [1.165, 1.54) is 7.11 Å². The summed E-state index contributed by atoms with van der Waals surface area (Å²) in [6.45, 7) is 0. The van der Waals surface area contributed by atoms with Crippen molar-refractivity contribution in [3.63, 3.8) is 0 Å². The smallest absolute Gasteiger partial charge is 0.431 e. The molecule has 0 amide bonds. The molecule has 150 valence electrons. The van der Waals surface area contributed by atoms with Crippen LogP contribution in [0.15, 0.2) is 59.4 Å². The standard InChI is InChI=1S/C21H13F3N4O2/c1-30-15-8-6-14(7-9-15)19-18(13-4-2-12(11-25)3-5-13)27-20-26-16(21(22,23)24)10-17(29)28(19)20/h2-10H,1H3,(H,26,27). The number of imidazole rings is 1. The van der Waals surface area contributed by atoms with E-state index in [1.54, 1.807) is 48.5 Å². The van der Waals surface area contributed by atoms with E-state index in [9.17, 15) is 18.0 Å². The number of rotatable bonds is 3. The minimum atomic E-state index is -4.72. The quantitative estimate of drug-likeness (QED) is 0.547. The zero-order valence-corrected chi connectivity index (χ0v) is 15.5. The van der Waals surface area contributed by atoms with Crippen molar-refractivity contribution in [3.8, 4) is 34.3 Å². The van der Waals surface area contributed by atoms with Crippen LogP contribution in [0, 0.1) is 11.3 Å². The molecule has 0 radical (unpaired) electrons. The molecule has 6 nitrogen and oxygen atoms in total. The van der Waals surface area contributed by atoms with Crippen molar-refractivity contribution in [1.29, 1.82) is 5.26 Å². The van der Waals surface area contributed by atoms with Crippen LogP contribution in [-0.4, -0.2) is 21.5 Å². The van der Waals surface area contributed by atoms with Gasteiger partial charge in [0, 0.05) is 17.2 Å². The first-order chi connectivity index (χ1) is 14.3. The van der Waals surface area contributed by atoms with Crippen LogP contribution in [0.5, 0.6) is 5.75 Å². The average Bonchev–Trinajstić information content (AvgIpc) is 3.13. The van der Waals surface area contributed by atoms with Crippen LogP contribution in [0.4, 0.5) is 13.2 Å². The highest BCUT2D eigenvalue weighted by Gasteiger charge is 2.33. The molecule has 1 N–H and O–H groups in total. The molecule has 2 heterocycles. The van der Waals surface area contributed by atoms with Gasteiger partial charge in [-0.05, 0) is 36.4 Å². The molecular weight excluding hydrogens is 397 g/mol. The minimum Gasteiger partial charge on any atom is -0.497 e. The van der Waals surface area contributed by atoms with Gasteiger partial charge in [-0.25, -0.2) is 9.38 Å². The van der Waals surface area contributed by atoms with Crippen molar-refractivity contribution in [2.24, 2.45) is 0 Å². The number of nitriles is 1. The van der Waals surface area contributed by atoms with E-state index >= 15 is 0 Å². The summed E-state index contributed by atoms with van der Waals surface area (Å²) >= 11 is 0. The third-order valence-electron chi connectivity index (χ3n) is 4.57. The molecule has 4 rings (SSSR count). The van der Waals surface area contributed by atoms with Crippen molar-refractivity contribution in [2.75, 3.05) is 7.11 Å². The molecule has 0 aliphatic carbocycles. The maximum atomic E-state index is 13.2. The van der Waals surface area contributed by atoms with Crippen LogP contribution in [0.1, 0.15) is 11.3 Å². The Morgan fingerprint density at radius 3 is 2.27 bits per heavy atom. The molecule has 0 saturated heterocycles. The minimum absolute atomic E-state index is 0.236. The summed E-state index contributed by atoms with van der Waals surface area (Å²) in [5.41, 5.74) is 0.110. The highest BCUT2D eigenvalue weighted by atomic mass is 19.4. The normalized spacial score (nSPS) is 11.4. The number of halogens is 3. The summed E-state index contributed by atoms with van der Waals surface area (Å²) in [6.07, 6.45) is -4.72. The third kappa shape index (κ3) is 3.28. The summed E-state index contributed by atoms with van der Waals surface area (Å²) < 4.78 is 45.7. The number of fused-ring (bicyclic) bond motifs is 1. The maximum Gasteiger partial charge on any atom is 0.431 e. The number of benzene rings is 2. The van der Waals surface area contributed by atoms with Crippen LogP contribution in [0.2, 0.25) is 0 Å². The van der Waals surface area contributed by atoms with E-state index < -0.39 is 17.4 Å². The van der Waals surface area contributed by atoms with Gasteiger partial charge in [-0.1, -0.05) is 12.1 Å². The van der Waals surface area contributed by atoms with E-state index in [1.807, 2.05) is 6.07 Å². The van der Waals surface area contributed by atoms with Crippen LogP contribution >= 0.6 is 0 Å². The molecule has 30 heavy (non-hydrogen) atoms. The van der Waals surface area contributed by atoms with Gasteiger partial charge in [0.15, 0.2) is 0 Å². The number of aromatic amines is 1. The van der Waals surface area contributed by atoms with E-state index in [4.69, 9.17) is 10.00 Å². The number of hydrogen-bond acceptors (Lipinski definition) is 4. The Hall–Kier alpha value is -4.06. The Labute approximate surface area is 167 Å². The zero-order chi connectivity index (χ0) is 21.5. The number of aromatic nitrogens is 3. The molecule has 0 aliphatic heterocycles. The lowest BCUT2D eigenvalue weighted by atomic mass is 10.0. The van der Waals surface area contributed by atoms with Crippen molar-refractivity contribution in [2.45, 2.75) is 6.18 Å². The van der Waals surface area contributed by atoms with Crippen molar-refractivity contribution in [1.82, 2.24) is 14.4 Å². The Balaban J connectivity index is 2.04. The zero-order valence-electron chi connectivity index (χ0n) is 15.5. The van der Waals surface area contributed by atoms with Gasteiger partial charge in [0.1, 0.15) is 11.4 Å². The van der Waals surface area contributed by atoms with Gasteiger partial charge in [0.2, 0.25) is 5.78 Å². The summed E-state index contributed by atoms with van der Waals surface area (Å²) in [7, 11) is 1.51. The summed E-state index contributed by atoms with van der Waals surface area (Å²) in [6, 6.07) is 15.6. The fraction of sp³-hybridized carbons (Fsp3) is 0.0952. The summed E-state index contributed by atoms with van der Waals surface area (Å²) in [5.74, 6) is 0.348. The second-order valence-electron chi connectivity index (χ2n) is 6.40. The molecular formula is C21H13F3N4O2. The first-order valence-electron chi connectivity index (χ1n) is 8.70. The van der Waals surface area contributed by atoms with Gasteiger partial charge in [-0.3, -0.25) is 4.79 Å². The predicted molar refractivity (Wildman–Crippen MR) is 103 cm³/mol. The molecule has 0 unspecified atom stereocenters. The van der Waals surface area contributed by atoms with Crippen molar-refractivity contribution < 1.29 is 17.9 Å². The van der Waals surface area contributed by atoms with Crippen LogP contribution < -0.4 is 10.3 Å². The molecule has 0 atom stereocenters. The lowest BCUT2D eigenvalue weighted by Crippen LogP contribution is -2.19. The molecule has 0 spiro atoms. The van der Waals surface area contributed by atoms with Crippen LogP contribution in [-0.2, 0) is 6.18 Å². The van der Waals surface area contributed by atoms with Crippen molar-refractivity contribution >= 4 is 5.78 Å². The monoisotopic (exact) mass is 410 g/mol. The first-order valence-corrected chi connectivity index (χ1v) is 8.70. The Bertz CT molecular complexity index is 1330. The first kappa shape index (κ1) is 19.3. The van der Waals surface area contributed by atoms with E-state index in [0.717, 1.165) is 4.40 Å². The molecule has 2 aromatic heterocycles. The maximum absolute atomic E-state index is 13.2.